The lowest BCUT2D eigenvalue weighted by molar-refractivity contribution is -0.116. The topological polar surface area (TPSA) is 60.5 Å². The van der Waals surface area contributed by atoms with Crippen LogP contribution in [0.4, 0.5) is 22.9 Å². The number of piperazine rings is 1. The largest absolute Gasteiger partial charge is 0.369 e. The minimum Gasteiger partial charge on any atom is -0.369 e. The first-order valence-corrected chi connectivity index (χ1v) is 9.20. The van der Waals surface area contributed by atoms with Gasteiger partial charge < -0.3 is 20.4 Å². The molecule has 0 bridgehead atoms. The lowest BCUT2D eigenvalue weighted by Crippen LogP contribution is -2.44. The van der Waals surface area contributed by atoms with Gasteiger partial charge in [-0.15, -0.1) is 0 Å². The third-order valence-corrected chi connectivity index (χ3v) is 4.53. The summed E-state index contributed by atoms with van der Waals surface area (Å²) in [5.41, 5.74) is 3.18. The second-order valence-corrected chi connectivity index (χ2v) is 6.69. The molecule has 138 valence electrons. The van der Waals surface area contributed by atoms with Crippen molar-refractivity contribution in [1.29, 1.82) is 0 Å². The Kier molecular flexibility index (Phi) is 6.07. The number of rotatable bonds is 6. The van der Waals surface area contributed by atoms with Gasteiger partial charge in [-0.3, -0.25) is 4.79 Å². The standard InChI is InChI=1S/C20H27N5O/c1-3-4-20(26)23-19-10-7-17(15-21-19)22-16-5-8-18(9-6-16)25-13-11-24(2)12-14-25/h5-10,15,22H,3-4,11-14H2,1-2H3,(H,21,23,26). The van der Waals surface area contributed by atoms with Crippen molar-refractivity contribution in [3.63, 3.8) is 0 Å². The highest BCUT2D eigenvalue weighted by atomic mass is 16.1. The van der Waals surface area contributed by atoms with E-state index in [1.54, 1.807) is 6.20 Å². The van der Waals surface area contributed by atoms with Gasteiger partial charge in [0.1, 0.15) is 5.82 Å². The molecule has 0 saturated carbocycles. The molecule has 6 nitrogen and oxygen atoms in total. The van der Waals surface area contributed by atoms with Crippen molar-refractivity contribution < 1.29 is 4.79 Å². The highest BCUT2D eigenvalue weighted by Crippen LogP contribution is 2.22. The first-order valence-electron chi connectivity index (χ1n) is 9.20. The monoisotopic (exact) mass is 353 g/mol. The van der Waals surface area contributed by atoms with Gasteiger partial charge in [0.05, 0.1) is 11.9 Å². The highest BCUT2D eigenvalue weighted by Gasteiger charge is 2.13. The minimum absolute atomic E-state index is 0.000189. The predicted octanol–water partition coefficient (Wildman–Crippen LogP) is 3.32. The maximum Gasteiger partial charge on any atom is 0.225 e. The van der Waals surface area contributed by atoms with Crippen molar-refractivity contribution >= 4 is 28.8 Å². The normalized spacial score (nSPS) is 14.9. The van der Waals surface area contributed by atoms with Crippen molar-refractivity contribution in [3.05, 3.63) is 42.6 Å². The number of amides is 1. The molecule has 0 atom stereocenters. The number of carbonyl (C=O) groups is 1. The third-order valence-electron chi connectivity index (χ3n) is 4.53. The van der Waals surface area contributed by atoms with E-state index >= 15 is 0 Å². The molecule has 0 radical (unpaired) electrons. The van der Waals surface area contributed by atoms with Crippen LogP contribution in [0.5, 0.6) is 0 Å². The number of benzene rings is 1. The lowest BCUT2D eigenvalue weighted by atomic mass is 10.2. The number of anilines is 4. The molecule has 2 heterocycles. The Balaban J connectivity index is 1.56. The lowest BCUT2D eigenvalue weighted by Gasteiger charge is -2.34. The second kappa shape index (κ2) is 8.67. The summed E-state index contributed by atoms with van der Waals surface area (Å²) in [5, 5.41) is 6.14. The molecule has 1 aliphatic rings. The fourth-order valence-corrected chi connectivity index (χ4v) is 2.96. The molecule has 0 aliphatic carbocycles. The van der Waals surface area contributed by atoms with Crippen molar-refractivity contribution in [3.8, 4) is 0 Å². The van der Waals surface area contributed by atoms with E-state index < -0.39 is 0 Å². The Morgan fingerprint density at radius 3 is 2.35 bits per heavy atom. The van der Waals surface area contributed by atoms with Crippen LogP contribution in [0.1, 0.15) is 19.8 Å². The van der Waals surface area contributed by atoms with E-state index in [0.717, 1.165) is 44.0 Å². The number of nitrogens with zero attached hydrogens (tertiary/aromatic N) is 3. The van der Waals surface area contributed by atoms with E-state index in [9.17, 15) is 4.79 Å². The smallest absolute Gasteiger partial charge is 0.225 e. The zero-order chi connectivity index (χ0) is 18.4. The number of carbonyl (C=O) groups excluding carboxylic acids is 1. The van der Waals surface area contributed by atoms with E-state index in [-0.39, 0.29) is 5.91 Å². The Labute approximate surface area is 155 Å². The number of aromatic nitrogens is 1. The van der Waals surface area contributed by atoms with Crippen molar-refractivity contribution in [2.45, 2.75) is 19.8 Å². The molecule has 3 rings (SSSR count). The van der Waals surface area contributed by atoms with Crippen LogP contribution < -0.4 is 15.5 Å². The molecule has 0 unspecified atom stereocenters. The number of pyridine rings is 1. The van der Waals surface area contributed by atoms with Gasteiger partial charge in [0, 0.05) is 44.0 Å². The molecule has 0 spiro atoms. The predicted molar refractivity (Wildman–Crippen MR) is 107 cm³/mol. The summed E-state index contributed by atoms with van der Waals surface area (Å²) in [6.07, 6.45) is 3.08. The average Bonchev–Trinajstić information content (AvgIpc) is 2.65. The average molecular weight is 353 g/mol. The summed E-state index contributed by atoms with van der Waals surface area (Å²) >= 11 is 0. The molecular formula is C20H27N5O. The number of nitrogens with one attached hydrogen (secondary N) is 2. The molecule has 2 aromatic rings. The van der Waals surface area contributed by atoms with Crippen LogP contribution in [0.15, 0.2) is 42.6 Å². The molecule has 26 heavy (non-hydrogen) atoms. The van der Waals surface area contributed by atoms with Gasteiger partial charge in [0.2, 0.25) is 5.91 Å². The van der Waals surface area contributed by atoms with E-state index in [4.69, 9.17) is 0 Å². The third kappa shape index (κ3) is 4.95. The van der Waals surface area contributed by atoms with Gasteiger partial charge >= 0.3 is 0 Å². The van der Waals surface area contributed by atoms with Crippen molar-refractivity contribution in [2.75, 3.05) is 48.8 Å². The number of hydrogen-bond acceptors (Lipinski definition) is 5. The van der Waals surface area contributed by atoms with Gasteiger partial charge in [-0.2, -0.15) is 0 Å². The molecule has 1 fully saturated rings. The summed E-state index contributed by atoms with van der Waals surface area (Å²) in [7, 11) is 2.17. The molecule has 6 heteroatoms. The molecular weight excluding hydrogens is 326 g/mol. The zero-order valence-electron chi connectivity index (χ0n) is 15.5. The molecule has 1 aromatic carbocycles. The summed E-state index contributed by atoms with van der Waals surface area (Å²) in [5.74, 6) is 0.583. The first-order chi connectivity index (χ1) is 12.6. The molecule has 1 amide bonds. The van der Waals surface area contributed by atoms with Crippen LogP contribution in [0, 0.1) is 0 Å². The Morgan fingerprint density at radius 2 is 1.73 bits per heavy atom. The van der Waals surface area contributed by atoms with Gasteiger partial charge in [0.25, 0.3) is 0 Å². The van der Waals surface area contributed by atoms with Crippen molar-refractivity contribution in [1.82, 2.24) is 9.88 Å². The van der Waals surface area contributed by atoms with Gasteiger partial charge in [-0.1, -0.05) is 6.92 Å². The Bertz CT molecular complexity index is 706. The van der Waals surface area contributed by atoms with Crippen LogP contribution in [-0.4, -0.2) is 49.0 Å². The van der Waals surface area contributed by atoms with Gasteiger partial charge in [-0.05, 0) is 49.9 Å². The van der Waals surface area contributed by atoms with Crippen LogP contribution >= 0.6 is 0 Å². The van der Waals surface area contributed by atoms with Gasteiger partial charge in [0.15, 0.2) is 0 Å². The number of likely N-dealkylation sites (N-methyl/N-ethyl adjacent to an activating group) is 1. The Hall–Kier alpha value is -2.60. The minimum atomic E-state index is 0.000189. The molecule has 1 aromatic heterocycles. The maximum atomic E-state index is 11.6. The fourth-order valence-electron chi connectivity index (χ4n) is 2.96. The van der Waals surface area contributed by atoms with Crippen LogP contribution in [0.2, 0.25) is 0 Å². The quantitative estimate of drug-likeness (QED) is 0.834. The zero-order valence-corrected chi connectivity index (χ0v) is 15.5. The SMILES string of the molecule is CCCC(=O)Nc1ccc(Nc2ccc(N3CCN(C)CC3)cc2)cn1. The fraction of sp³-hybridized carbons (Fsp3) is 0.400. The Morgan fingerprint density at radius 1 is 1.04 bits per heavy atom. The van der Waals surface area contributed by atoms with E-state index in [1.165, 1.54) is 5.69 Å². The maximum absolute atomic E-state index is 11.6. The molecule has 1 aliphatic heterocycles. The first kappa shape index (κ1) is 18.2. The van der Waals surface area contributed by atoms with Crippen LogP contribution in [-0.2, 0) is 4.79 Å². The van der Waals surface area contributed by atoms with E-state index in [1.807, 2.05) is 19.1 Å². The summed E-state index contributed by atoms with van der Waals surface area (Å²) in [6, 6.07) is 12.2. The van der Waals surface area contributed by atoms with E-state index in [2.05, 4.69) is 56.7 Å². The second-order valence-electron chi connectivity index (χ2n) is 6.69. The van der Waals surface area contributed by atoms with Crippen LogP contribution in [0.3, 0.4) is 0 Å². The molecule has 1 saturated heterocycles. The van der Waals surface area contributed by atoms with Crippen molar-refractivity contribution in [2.24, 2.45) is 0 Å². The summed E-state index contributed by atoms with van der Waals surface area (Å²) < 4.78 is 0. The highest BCUT2D eigenvalue weighted by molar-refractivity contribution is 5.89. The summed E-state index contributed by atoms with van der Waals surface area (Å²) in [6.45, 7) is 6.32. The number of hydrogen-bond donors (Lipinski definition) is 2. The molecule has 2 N–H and O–H groups in total. The summed E-state index contributed by atoms with van der Waals surface area (Å²) in [4.78, 5) is 20.7. The van der Waals surface area contributed by atoms with E-state index in [0.29, 0.717) is 12.2 Å². The van der Waals surface area contributed by atoms with Crippen LogP contribution in [0.25, 0.3) is 0 Å². The van der Waals surface area contributed by atoms with Gasteiger partial charge in [-0.25, -0.2) is 4.98 Å².